The van der Waals surface area contributed by atoms with Crippen molar-refractivity contribution in [3.63, 3.8) is 0 Å². The monoisotopic (exact) mass is 264 g/mol. The van der Waals surface area contributed by atoms with E-state index in [0.29, 0.717) is 30.9 Å². The second-order valence-corrected chi connectivity index (χ2v) is 4.70. The van der Waals surface area contributed by atoms with Gasteiger partial charge in [-0.3, -0.25) is 9.88 Å². The minimum atomic E-state index is -0.595. The molecule has 1 aliphatic rings. The van der Waals surface area contributed by atoms with E-state index in [4.69, 9.17) is 9.15 Å². The zero-order valence-corrected chi connectivity index (χ0v) is 10.5. The van der Waals surface area contributed by atoms with Crippen LogP contribution in [0.2, 0.25) is 0 Å². The second kappa shape index (κ2) is 5.16. The zero-order valence-electron chi connectivity index (χ0n) is 10.5. The van der Waals surface area contributed by atoms with Crippen LogP contribution in [-0.2, 0) is 4.74 Å². The number of β-amino-alcohol motifs (C(OH)–C–C–N with tert-alkyl or cyclic N) is 1. The Kier molecular flexibility index (Phi) is 3.37. The average Bonchev–Trinajstić information content (AvgIpc) is 2.78. The Morgan fingerprint density at radius 2 is 2.16 bits per heavy atom. The number of rotatable bonds is 3. The molecule has 0 spiro atoms. The molecule has 0 amide bonds. The van der Waals surface area contributed by atoms with Crippen LogP contribution in [0.3, 0.4) is 0 Å². The molecule has 1 unspecified atom stereocenters. The van der Waals surface area contributed by atoms with Crippen LogP contribution < -0.4 is 5.76 Å². The number of aromatic amines is 1. The van der Waals surface area contributed by atoms with Gasteiger partial charge in [0.05, 0.1) is 24.8 Å². The maximum absolute atomic E-state index is 11.1. The highest BCUT2D eigenvalue weighted by atomic mass is 16.5. The predicted molar refractivity (Wildman–Crippen MR) is 69.1 cm³/mol. The number of oxazole rings is 1. The molecule has 1 aromatic carbocycles. The van der Waals surface area contributed by atoms with Gasteiger partial charge in [-0.1, -0.05) is 6.07 Å². The summed E-state index contributed by atoms with van der Waals surface area (Å²) in [5.41, 5.74) is 1.87. The highest BCUT2D eigenvalue weighted by Crippen LogP contribution is 2.19. The molecule has 1 aliphatic heterocycles. The van der Waals surface area contributed by atoms with Crippen molar-refractivity contribution in [2.24, 2.45) is 0 Å². The first-order valence-corrected chi connectivity index (χ1v) is 6.33. The lowest BCUT2D eigenvalue weighted by atomic mass is 10.1. The third-order valence-electron chi connectivity index (χ3n) is 3.36. The van der Waals surface area contributed by atoms with E-state index < -0.39 is 11.9 Å². The van der Waals surface area contributed by atoms with Gasteiger partial charge in [-0.15, -0.1) is 0 Å². The SMILES string of the molecule is O=c1[nH]c2ccc(C(O)CN3CCOCC3)cc2o1. The minimum absolute atomic E-state index is 0.475. The van der Waals surface area contributed by atoms with E-state index in [9.17, 15) is 9.90 Å². The molecule has 1 aromatic heterocycles. The Hall–Kier alpha value is -1.63. The standard InChI is InChI=1S/C13H16N2O4/c16-11(8-15-3-5-18-6-4-15)9-1-2-10-12(7-9)19-13(17)14-10/h1-2,7,11,16H,3-6,8H2,(H,14,17). The van der Waals surface area contributed by atoms with Gasteiger partial charge in [-0.25, -0.2) is 4.79 Å². The maximum atomic E-state index is 11.1. The summed E-state index contributed by atoms with van der Waals surface area (Å²) < 4.78 is 10.3. The van der Waals surface area contributed by atoms with E-state index in [1.807, 2.05) is 0 Å². The van der Waals surface area contributed by atoms with E-state index >= 15 is 0 Å². The van der Waals surface area contributed by atoms with E-state index in [1.54, 1.807) is 18.2 Å². The summed E-state index contributed by atoms with van der Waals surface area (Å²) in [6, 6.07) is 5.26. The van der Waals surface area contributed by atoms with Crippen molar-refractivity contribution in [3.8, 4) is 0 Å². The van der Waals surface area contributed by atoms with Crippen molar-refractivity contribution >= 4 is 11.1 Å². The van der Waals surface area contributed by atoms with Crippen molar-refractivity contribution in [1.82, 2.24) is 9.88 Å². The quantitative estimate of drug-likeness (QED) is 0.843. The number of aromatic nitrogens is 1. The van der Waals surface area contributed by atoms with Gasteiger partial charge in [-0.05, 0) is 17.7 Å². The van der Waals surface area contributed by atoms with Crippen LogP contribution >= 0.6 is 0 Å². The van der Waals surface area contributed by atoms with Gasteiger partial charge in [0.1, 0.15) is 0 Å². The topological polar surface area (TPSA) is 78.7 Å². The molecule has 2 heterocycles. The smallest absolute Gasteiger partial charge is 0.408 e. The minimum Gasteiger partial charge on any atom is -0.408 e. The summed E-state index contributed by atoms with van der Waals surface area (Å²) >= 11 is 0. The number of hydrogen-bond acceptors (Lipinski definition) is 5. The molecule has 0 saturated carbocycles. The first kappa shape index (κ1) is 12.4. The highest BCUT2D eigenvalue weighted by molar-refractivity contribution is 5.72. The first-order valence-electron chi connectivity index (χ1n) is 6.33. The molecule has 0 aliphatic carbocycles. The Bertz CT molecular complexity index is 612. The predicted octanol–water partition coefficient (Wildman–Crippen LogP) is 0.487. The van der Waals surface area contributed by atoms with Gasteiger partial charge in [0, 0.05) is 19.6 Å². The van der Waals surface area contributed by atoms with Crippen LogP contribution in [0.25, 0.3) is 11.1 Å². The largest absolute Gasteiger partial charge is 0.417 e. The molecule has 1 atom stereocenters. The highest BCUT2D eigenvalue weighted by Gasteiger charge is 2.17. The Balaban J connectivity index is 1.76. The van der Waals surface area contributed by atoms with E-state index in [0.717, 1.165) is 18.7 Å². The number of aliphatic hydroxyl groups is 1. The fourth-order valence-electron chi connectivity index (χ4n) is 2.30. The number of aliphatic hydroxyl groups excluding tert-OH is 1. The molecule has 102 valence electrons. The molecule has 1 saturated heterocycles. The van der Waals surface area contributed by atoms with Gasteiger partial charge < -0.3 is 14.3 Å². The van der Waals surface area contributed by atoms with Crippen LogP contribution in [0.15, 0.2) is 27.4 Å². The van der Waals surface area contributed by atoms with Crippen molar-refractivity contribution < 1.29 is 14.3 Å². The van der Waals surface area contributed by atoms with Crippen molar-refractivity contribution in [2.75, 3.05) is 32.8 Å². The molecule has 3 rings (SSSR count). The molecule has 0 bridgehead atoms. The summed E-state index contributed by atoms with van der Waals surface area (Å²) in [6.07, 6.45) is -0.595. The molecule has 0 radical (unpaired) electrons. The van der Waals surface area contributed by atoms with Crippen LogP contribution in [-0.4, -0.2) is 47.8 Å². The lowest BCUT2D eigenvalue weighted by Gasteiger charge is -2.28. The van der Waals surface area contributed by atoms with Gasteiger partial charge >= 0.3 is 5.76 Å². The lowest BCUT2D eigenvalue weighted by molar-refractivity contribution is 0.0143. The van der Waals surface area contributed by atoms with E-state index in [2.05, 4.69) is 9.88 Å². The number of ether oxygens (including phenoxy) is 1. The molecule has 19 heavy (non-hydrogen) atoms. The Labute approximate surface area is 109 Å². The Morgan fingerprint density at radius 3 is 2.95 bits per heavy atom. The molecule has 1 fully saturated rings. The average molecular weight is 264 g/mol. The maximum Gasteiger partial charge on any atom is 0.417 e. The molecule has 6 heteroatoms. The third kappa shape index (κ3) is 2.70. The van der Waals surface area contributed by atoms with Crippen molar-refractivity contribution in [3.05, 3.63) is 34.3 Å². The number of nitrogens with zero attached hydrogens (tertiary/aromatic N) is 1. The summed E-state index contributed by atoms with van der Waals surface area (Å²) in [7, 11) is 0. The van der Waals surface area contributed by atoms with Gasteiger partial charge in [0.2, 0.25) is 0 Å². The number of morpholine rings is 1. The Morgan fingerprint density at radius 1 is 1.37 bits per heavy atom. The van der Waals surface area contributed by atoms with Crippen LogP contribution in [0.4, 0.5) is 0 Å². The van der Waals surface area contributed by atoms with Crippen LogP contribution in [0.1, 0.15) is 11.7 Å². The number of H-pyrrole nitrogens is 1. The van der Waals surface area contributed by atoms with Crippen LogP contribution in [0.5, 0.6) is 0 Å². The number of nitrogens with one attached hydrogen (secondary N) is 1. The zero-order chi connectivity index (χ0) is 13.2. The van der Waals surface area contributed by atoms with Gasteiger partial charge in [-0.2, -0.15) is 0 Å². The van der Waals surface area contributed by atoms with Gasteiger partial charge in [0.25, 0.3) is 0 Å². The van der Waals surface area contributed by atoms with Crippen molar-refractivity contribution in [1.29, 1.82) is 0 Å². The normalized spacial score (nSPS) is 18.8. The molecule has 2 N–H and O–H groups in total. The van der Waals surface area contributed by atoms with Crippen molar-refractivity contribution in [2.45, 2.75) is 6.10 Å². The first-order chi connectivity index (χ1) is 9.22. The summed E-state index contributed by atoms with van der Waals surface area (Å²) in [4.78, 5) is 15.8. The lowest BCUT2D eigenvalue weighted by Crippen LogP contribution is -2.38. The second-order valence-electron chi connectivity index (χ2n) is 4.70. The fraction of sp³-hybridized carbons (Fsp3) is 0.462. The van der Waals surface area contributed by atoms with E-state index in [-0.39, 0.29) is 0 Å². The number of hydrogen-bond donors (Lipinski definition) is 2. The van der Waals surface area contributed by atoms with E-state index in [1.165, 1.54) is 0 Å². The summed E-state index contributed by atoms with van der Waals surface area (Å²) in [5, 5.41) is 10.2. The summed E-state index contributed by atoms with van der Waals surface area (Å²) in [6.45, 7) is 3.64. The number of fused-ring (bicyclic) bond motifs is 1. The fourth-order valence-corrected chi connectivity index (χ4v) is 2.30. The third-order valence-corrected chi connectivity index (χ3v) is 3.36. The molecular formula is C13H16N2O4. The molecule has 2 aromatic rings. The van der Waals surface area contributed by atoms with Gasteiger partial charge in [0.15, 0.2) is 5.58 Å². The molecular weight excluding hydrogens is 248 g/mol. The van der Waals surface area contributed by atoms with Crippen LogP contribution in [0, 0.1) is 0 Å². The molecule has 6 nitrogen and oxygen atoms in total. The number of benzene rings is 1. The summed E-state index contributed by atoms with van der Waals surface area (Å²) in [5.74, 6) is -0.477.